The molecule has 43 heavy (non-hydrogen) atoms. The summed E-state index contributed by atoms with van der Waals surface area (Å²) in [5.74, 6) is -0.348. The first-order valence-electron chi connectivity index (χ1n) is 13.3. The molecule has 0 saturated carbocycles. The number of nitrogens with one attached hydrogen (secondary N) is 2. The predicted molar refractivity (Wildman–Crippen MR) is 170 cm³/mol. The molecule has 4 aromatic carbocycles. The molecular weight excluding hydrogens is 585 g/mol. The van der Waals surface area contributed by atoms with E-state index in [0.717, 1.165) is 20.3 Å². The van der Waals surface area contributed by atoms with Crippen molar-refractivity contribution in [2.45, 2.75) is 23.3 Å². The van der Waals surface area contributed by atoms with E-state index in [-0.39, 0.29) is 17.4 Å². The average molecular weight is 617 g/mol. The van der Waals surface area contributed by atoms with Crippen LogP contribution < -0.4 is 19.8 Å². The van der Waals surface area contributed by atoms with Gasteiger partial charge in [-0.3, -0.25) is 13.9 Å². The molecule has 0 unspecified atom stereocenters. The van der Waals surface area contributed by atoms with Gasteiger partial charge in [0.05, 0.1) is 16.8 Å². The number of carbonyl (C=O) groups excluding carboxylic acids is 2. The van der Waals surface area contributed by atoms with Gasteiger partial charge in [0.1, 0.15) is 12.3 Å². The van der Waals surface area contributed by atoms with Gasteiger partial charge in [-0.25, -0.2) is 13.8 Å². The second kappa shape index (κ2) is 15.0. The fourth-order valence-corrected chi connectivity index (χ4v) is 5.72. The van der Waals surface area contributed by atoms with Crippen LogP contribution in [0.25, 0.3) is 0 Å². The van der Waals surface area contributed by atoms with E-state index in [1.165, 1.54) is 30.1 Å². The Labute approximate surface area is 256 Å². The van der Waals surface area contributed by atoms with Crippen molar-refractivity contribution in [2.24, 2.45) is 5.10 Å². The lowest BCUT2D eigenvalue weighted by Gasteiger charge is -2.24. The van der Waals surface area contributed by atoms with Gasteiger partial charge in [0.2, 0.25) is 0 Å². The highest BCUT2D eigenvalue weighted by atomic mass is 32.2. The number of benzene rings is 4. The monoisotopic (exact) mass is 616 g/mol. The van der Waals surface area contributed by atoms with Crippen LogP contribution >= 0.6 is 11.8 Å². The second-order valence-corrected chi connectivity index (χ2v) is 12.2. The molecule has 4 aromatic rings. The van der Waals surface area contributed by atoms with E-state index in [9.17, 15) is 18.0 Å². The van der Waals surface area contributed by atoms with Crippen molar-refractivity contribution in [3.63, 3.8) is 0 Å². The van der Waals surface area contributed by atoms with Gasteiger partial charge in [0.15, 0.2) is 6.61 Å². The van der Waals surface area contributed by atoms with E-state index in [1.54, 1.807) is 60.7 Å². The molecule has 0 aliphatic rings. The van der Waals surface area contributed by atoms with Gasteiger partial charge in [0, 0.05) is 11.4 Å². The number of carbonyl (C=O) groups is 2. The standard InChI is InChI=1S/C32H32N4O5S2/c1-24-8-12-27(13-9-24)36(43(39,40)30-18-16-29(42-2)17-19-30)22-31(37)35-34-21-26-10-14-28(15-11-26)41-23-32(38)33-20-25-6-4-3-5-7-25/h3-19,21H,20,22-23H2,1-2H3,(H,33,38)(H,35,37)/b34-21-. The summed E-state index contributed by atoms with van der Waals surface area (Å²) in [6.07, 6.45) is 3.34. The zero-order valence-electron chi connectivity index (χ0n) is 23.8. The van der Waals surface area contributed by atoms with Crippen LogP contribution in [0.5, 0.6) is 5.75 Å². The van der Waals surface area contributed by atoms with Crippen molar-refractivity contribution >= 4 is 45.5 Å². The third-order valence-electron chi connectivity index (χ3n) is 6.24. The Hall–Kier alpha value is -4.61. The number of thioether (sulfide) groups is 1. The van der Waals surface area contributed by atoms with Crippen molar-refractivity contribution in [2.75, 3.05) is 23.7 Å². The molecule has 2 N–H and O–H groups in total. The number of rotatable bonds is 13. The second-order valence-electron chi connectivity index (χ2n) is 9.44. The van der Waals surface area contributed by atoms with Crippen LogP contribution in [0.3, 0.4) is 0 Å². The van der Waals surface area contributed by atoms with Crippen LogP contribution in [-0.2, 0) is 26.2 Å². The fraction of sp³-hybridized carbons (Fsp3) is 0.156. The topological polar surface area (TPSA) is 117 Å². The summed E-state index contributed by atoms with van der Waals surface area (Å²) in [6.45, 7) is 1.72. The van der Waals surface area contributed by atoms with Gasteiger partial charge >= 0.3 is 0 Å². The smallest absolute Gasteiger partial charge is 0.264 e. The van der Waals surface area contributed by atoms with Gasteiger partial charge in [-0.05, 0) is 85.0 Å². The zero-order valence-corrected chi connectivity index (χ0v) is 25.4. The summed E-state index contributed by atoms with van der Waals surface area (Å²) < 4.78 is 33.7. The normalized spacial score (nSPS) is 11.2. The maximum atomic E-state index is 13.5. The molecule has 222 valence electrons. The van der Waals surface area contributed by atoms with Gasteiger partial charge in [0.25, 0.3) is 21.8 Å². The minimum Gasteiger partial charge on any atom is -0.484 e. The van der Waals surface area contributed by atoms with Crippen molar-refractivity contribution in [3.8, 4) is 5.75 Å². The Morgan fingerprint density at radius 2 is 1.56 bits per heavy atom. The number of sulfonamides is 1. The van der Waals surface area contributed by atoms with E-state index in [4.69, 9.17) is 4.74 Å². The van der Waals surface area contributed by atoms with Crippen LogP contribution in [0.1, 0.15) is 16.7 Å². The summed E-state index contributed by atoms with van der Waals surface area (Å²) in [4.78, 5) is 25.9. The molecule has 0 aromatic heterocycles. The van der Waals surface area contributed by atoms with Crippen LogP contribution in [0, 0.1) is 6.92 Å². The van der Waals surface area contributed by atoms with Gasteiger partial charge < -0.3 is 10.1 Å². The first-order chi connectivity index (χ1) is 20.7. The van der Waals surface area contributed by atoms with Crippen LogP contribution in [-0.4, -0.2) is 45.9 Å². The van der Waals surface area contributed by atoms with Crippen molar-refractivity contribution in [1.29, 1.82) is 0 Å². The van der Waals surface area contributed by atoms with E-state index < -0.39 is 22.5 Å². The lowest BCUT2D eigenvalue weighted by molar-refractivity contribution is -0.123. The maximum Gasteiger partial charge on any atom is 0.264 e. The molecule has 0 atom stereocenters. The molecule has 11 heteroatoms. The van der Waals surface area contributed by atoms with Crippen LogP contribution in [0.4, 0.5) is 5.69 Å². The number of nitrogens with zero attached hydrogens (tertiary/aromatic N) is 2. The Morgan fingerprint density at radius 3 is 2.21 bits per heavy atom. The average Bonchev–Trinajstić information content (AvgIpc) is 3.03. The number of amides is 2. The summed E-state index contributed by atoms with van der Waals surface area (Å²) >= 11 is 1.51. The molecule has 4 rings (SSSR count). The lowest BCUT2D eigenvalue weighted by Crippen LogP contribution is -2.39. The summed E-state index contributed by atoms with van der Waals surface area (Å²) in [7, 11) is -4.03. The van der Waals surface area contributed by atoms with Crippen LogP contribution in [0.15, 0.2) is 118 Å². The SMILES string of the molecule is CSc1ccc(S(=O)(=O)N(CC(=O)N/N=C\c2ccc(OCC(=O)NCc3ccccc3)cc2)c2ccc(C)cc2)cc1. The van der Waals surface area contributed by atoms with Crippen molar-refractivity contribution in [1.82, 2.24) is 10.7 Å². The van der Waals surface area contributed by atoms with Crippen molar-refractivity contribution < 1.29 is 22.7 Å². The number of aryl methyl sites for hydroxylation is 1. The number of hydrogen-bond acceptors (Lipinski definition) is 7. The molecule has 0 spiro atoms. The fourth-order valence-electron chi connectivity index (χ4n) is 3.89. The number of hydrazone groups is 1. The van der Waals surface area contributed by atoms with E-state index in [1.807, 2.05) is 43.5 Å². The van der Waals surface area contributed by atoms with Crippen LogP contribution in [0.2, 0.25) is 0 Å². The van der Waals surface area contributed by atoms with Gasteiger partial charge in [-0.15, -0.1) is 11.8 Å². The van der Waals surface area contributed by atoms with E-state index >= 15 is 0 Å². The summed E-state index contributed by atoms with van der Waals surface area (Å²) in [5, 5.41) is 6.78. The van der Waals surface area contributed by atoms with E-state index in [2.05, 4.69) is 15.8 Å². The molecule has 0 heterocycles. The summed E-state index contributed by atoms with van der Waals surface area (Å²) in [5.41, 5.74) is 5.39. The largest absolute Gasteiger partial charge is 0.484 e. The third kappa shape index (κ3) is 9.19. The van der Waals surface area contributed by atoms with Crippen molar-refractivity contribution in [3.05, 3.63) is 120 Å². The molecule has 2 amide bonds. The Bertz CT molecular complexity index is 1640. The molecular formula is C32H32N4O5S2. The quantitative estimate of drug-likeness (QED) is 0.127. The molecule has 9 nitrogen and oxygen atoms in total. The highest BCUT2D eigenvalue weighted by Crippen LogP contribution is 2.25. The Morgan fingerprint density at radius 1 is 0.884 bits per heavy atom. The Balaban J connectivity index is 1.33. The number of anilines is 1. The number of hydrogen-bond donors (Lipinski definition) is 2. The highest BCUT2D eigenvalue weighted by Gasteiger charge is 2.27. The van der Waals surface area contributed by atoms with E-state index in [0.29, 0.717) is 23.5 Å². The number of ether oxygens (including phenoxy) is 1. The molecule has 0 bridgehead atoms. The zero-order chi connectivity index (χ0) is 30.7. The first-order valence-corrected chi connectivity index (χ1v) is 16.0. The highest BCUT2D eigenvalue weighted by molar-refractivity contribution is 7.98. The molecule has 0 fully saturated rings. The van der Waals surface area contributed by atoms with Gasteiger partial charge in [-0.2, -0.15) is 5.10 Å². The molecule has 0 aliphatic heterocycles. The Kier molecular flexibility index (Phi) is 11.0. The third-order valence-corrected chi connectivity index (χ3v) is 8.77. The lowest BCUT2D eigenvalue weighted by atomic mass is 10.2. The maximum absolute atomic E-state index is 13.5. The minimum absolute atomic E-state index is 0.0816. The predicted octanol–water partition coefficient (Wildman–Crippen LogP) is 4.76. The molecule has 0 aliphatic carbocycles. The minimum atomic E-state index is -4.03. The summed E-state index contributed by atoms with van der Waals surface area (Å²) in [6, 6.07) is 29.8. The van der Waals surface area contributed by atoms with Gasteiger partial charge in [-0.1, -0.05) is 48.0 Å². The first kappa shape index (κ1) is 31.3. The molecule has 0 radical (unpaired) electrons. The molecule has 0 saturated heterocycles.